The maximum atomic E-state index is 3.55. The molecule has 0 radical (unpaired) electrons. The number of thioether (sulfide) groups is 1. The summed E-state index contributed by atoms with van der Waals surface area (Å²) in [7, 11) is 0. The van der Waals surface area contributed by atoms with Crippen molar-refractivity contribution in [2.75, 3.05) is 11.1 Å². The summed E-state index contributed by atoms with van der Waals surface area (Å²) in [5.41, 5.74) is 4.11. The Morgan fingerprint density at radius 2 is 2.00 bits per heavy atom. The number of hydrogen-bond acceptors (Lipinski definition) is 2. The molecule has 0 saturated heterocycles. The first-order valence-corrected chi connectivity index (χ1v) is 5.66. The van der Waals surface area contributed by atoms with Crippen LogP contribution in [0.5, 0.6) is 0 Å². The predicted octanol–water partition coefficient (Wildman–Crippen LogP) is 3.21. The second-order valence-corrected chi connectivity index (χ2v) is 4.79. The molecule has 0 bridgehead atoms. The van der Waals surface area contributed by atoms with Crippen LogP contribution in [0.4, 0.5) is 5.69 Å². The normalized spacial score (nSPS) is 20.7. The summed E-state index contributed by atoms with van der Waals surface area (Å²) in [4.78, 5) is 1.44. The molecule has 2 heteroatoms. The van der Waals surface area contributed by atoms with Crippen LogP contribution in [0.1, 0.15) is 18.1 Å². The summed E-state index contributed by atoms with van der Waals surface area (Å²) < 4.78 is 0. The first kappa shape index (κ1) is 8.95. The fourth-order valence-electron chi connectivity index (χ4n) is 1.65. The van der Waals surface area contributed by atoms with Crippen LogP contribution in [-0.2, 0) is 0 Å². The minimum Gasteiger partial charge on any atom is -0.381 e. The number of rotatable bonds is 0. The molecule has 70 valence electrons. The summed E-state index contributed by atoms with van der Waals surface area (Å²) >= 11 is 1.98. The molecule has 13 heavy (non-hydrogen) atoms. The molecule has 1 heterocycles. The second kappa shape index (κ2) is 3.26. The van der Waals surface area contributed by atoms with Gasteiger partial charge in [-0.05, 0) is 31.9 Å². The quantitative estimate of drug-likeness (QED) is 0.679. The van der Waals surface area contributed by atoms with E-state index in [2.05, 4.69) is 38.2 Å². The molecule has 0 fully saturated rings. The molecular weight excluding hydrogens is 178 g/mol. The van der Waals surface area contributed by atoms with Crippen molar-refractivity contribution in [3.8, 4) is 0 Å². The van der Waals surface area contributed by atoms with Crippen molar-refractivity contribution in [3.05, 3.63) is 23.3 Å². The van der Waals surface area contributed by atoms with Gasteiger partial charge in [0.15, 0.2) is 0 Å². The highest BCUT2D eigenvalue weighted by atomic mass is 32.2. The molecule has 1 N–H and O–H groups in total. The third-order valence-electron chi connectivity index (χ3n) is 2.43. The summed E-state index contributed by atoms with van der Waals surface area (Å²) in [6, 6.07) is 5.00. The Labute approximate surface area is 83.9 Å². The van der Waals surface area contributed by atoms with Gasteiger partial charge in [-0.2, -0.15) is 0 Å². The molecule has 1 atom stereocenters. The zero-order valence-corrected chi connectivity index (χ0v) is 9.16. The molecule has 0 aromatic heterocycles. The van der Waals surface area contributed by atoms with E-state index >= 15 is 0 Å². The zero-order chi connectivity index (χ0) is 9.42. The number of hydrogen-bond donors (Lipinski definition) is 1. The van der Waals surface area contributed by atoms with Crippen molar-refractivity contribution >= 4 is 17.4 Å². The van der Waals surface area contributed by atoms with Gasteiger partial charge in [-0.3, -0.25) is 0 Å². The Morgan fingerprint density at radius 3 is 2.77 bits per heavy atom. The van der Waals surface area contributed by atoms with Crippen LogP contribution in [-0.4, -0.2) is 11.8 Å². The van der Waals surface area contributed by atoms with Gasteiger partial charge in [0.2, 0.25) is 0 Å². The third-order valence-corrected chi connectivity index (χ3v) is 3.91. The van der Waals surface area contributed by atoms with Gasteiger partial charge in [-0.25, -0.2) is 0 Å². The maximum Gasteiger partial charge on any atom is 0.0513 e. The molecule has 1 aliphatic heterocycles. The molecule has 0 aliphatic carbocycles. The molecule has 1 unspecified atom stereocenters. The summed E-state index contributed by atoms with van der Waals surface area (Å²) in [5, 5.41) is 3.55. The van der Waals surface area contributed by atoms with E-state index in [1.165, 1.54) is 27.5 Å². The first-order valence-electron chi connectivity index (χ1n) is 4.68. The van der Waals surface area contributed by atoms with Crippen LogP contribution < -0.4 is 5.32 Å². The number of benzene rings is 1. The highest BCUT2D eigenvalue weighted by Crippen LogP contribution is 2.37. The van der Waals surface area contributed by atoms with E-state index in [0.717, 1.165) is 0 Å². The average molecular weight is 193 g/mol. The van der Waals surface area contributed by atoms with E-state index in [1.807, 2.05) is 11.8 Å². The van der Waals surface area contributed by atoms with Gasteiger partial charge in [-0.1, -0.05) is 12.1 Å². The van der Waals surface area contributed by atoms with E-state index in [1.54, 1.807) is 0 Å². The van der Waals surface area contributed by atoms with Crippen molar-refractivity contribution in [3.63, 3.8) is 0 Å². The van der Waals surface area contributed by atoms with Gasteiger partial charge in [0.25, 0.3) is 0 Å². The predicted molar refractivity (Wildman–Crippen MR) is 59.7 cm³/mol. The van der Waals surface area contributed by atoms with Gasteiger partial charge < -0.3 is 5.32 Å². The van der Waals surface area contributed by atoms with E-state index in [9.17, 15) is 0 Å². The molecule has 2 rings (SSSR count). The standard InChI is InChI=1S/C11H15NS/c1-7-4-5-8(2)11-10(7)12-9(3)6-13-11/h4-5,9,12H,6H2,1-3H3. The fourth-order valence-corrected chi connectivity index (χ4v) is 2.81. The van der Waals surface area contributed by atoms with Gasteiger partial charge in [0.1, 0.15) is 0 Å². The monoisotopic (exact) mass is 193 g/mol. The van der Waals surface area contributed by atoms with E-state index in [0.29, 0.717) is 6.04 Å². The van der Waals surface area contributed by atoms with Gasteiger partial charge >= 0.3 is 0 Å². The van der Waals surface area contributed by atoms with Crippen LogP contribution in [0.25, 0.3) is 0 Å². The molecule has 0 amide bonds. The highest BCUT2D eigenvalue weighted by molar-refractivity contribution is 7.99. The van der Waals surface area contributed by atoms with Gasteiger partial charge in [-0.15, -0.1) is 11.8 Å². The lowest BCUT2D eigenvalue weighted by Gasteiger charge is -2.26. The van der Waals surface area contributed by atoms with Crippen LogP contribution in [0.2, 0.25) is 0 Å². The number of nitrogens with one attached hydrogen (secondary N) is 1. The fraction of sp³-hybridized carbons (Fsp3) is 0.455. The van der Waals surface area contributed by atoms with E-state index in [-0.39, 0.29) is 0 Å². The van der Waals surface area contributed by atoms with E-state index in [4.69, 9.17) is 0 Å². The van der Waals surface area contributed by atoms with Crippen molar-refractivity contribution in [1.29, 1.82) is 0 Å². The lowest BCUT2D eigenvalue weighted by molar-refractivity contribution is 0.888. The SMILES string of the molecule is Cc1ccc(C)c2c1NC(C)CS2. The topological polar surface area (TPSA) is 12.0 Å². The van der Waals surface area contributed by atoms with Crippen molar-refractivity contribution in [2.45, 2.75) is 31.7 Å². The van der Waals surface area contributed by atoms with Crippen molar-refractivity contribution in [1.82, 2.24) is 0 Å². The number of aryl methyl sites for hydroxylation is 2. The Morgan fingerprint density at radius 1 is 1.31 bits per heavy atom. The second-order valence-electron chi connectivity index (χ2n) is 3.76. The third kappa shape index (κ3) is 1.55. The Kier molecular flexibility index (Phi) is 2.24. The molecule has 0 saturated carbocycles. The Bertz CT molecular complexity index is 333. The van der Waals surface area contributed by atoms with Crippen LogP contribution in [0.15, 0.2) is 17.0 Å². The molecule has 1 aliphatic rings. The lowest BCUT2D eigenvalue weighted by Crippen LogP contribution is -2.23. The Hall–Kier alpha value is -0.630. The maximum absolute atomic E-state index is 3.55. The molecule has 1 nitrogen and oxygen atoms in total. The summed E-state index contributed by atoms with van der Waals surface area (Å²) in [6.07, 6.45) is 0. The van der Waals surface area contributed by atoms with Gasteiger partial charge in [0.05, 0.1) is 5.69 Å². The summed E-state index contributed by atoms with van der Waals surface area (Å²) in [5.74, 6) is 1.18. The zero-order valence-electron chi connectivity index (χ0n) is 8.35. The number of fused-ring (bicyclic) bond motifs is 1. The van der Waals surface area contributed by atoms with E-state index < -0.39 is 0 Å². The molecular formula is C11H15NS. The largest absolute Gasteiger partial charge is 0.381 e. The van der Waals surface area contributed by atoms with Crippen molar-refractivity contribution < 1.29 is 0 Å². The Balaban J connectivity index is 2.51. The average Bonchev–Trinajstić information content (AvgIpc) is 2.12. The minimum absolute atomic E-state index is 0.595. The minimum atomic E-state index is 0.595. The molecule has 0 spiro atoms. The van der Waals surface area contributed by atoms with Gasteiger partial charge in [0, 0.05) is 16.7 Å². The van der Waals surface area contributed by atoms with Crippen molar-refractivity contribution in [2.24, 2.45) is 0 Å². The molecule has 1 aromatic rings. The first-order chi connectivity index (χ1) is 6.18. The van der Waals surface area contributed by atoms with Crippen LogP contribution in [0, 0.1) is 13.8 Å². The lowest BCUT2D eigenvalue weighted by atomic mass is 10.1. The summed E-state index contributed by atoms with van der Waals surface area (Å²) in [6.45, 7) is 6.59. The highest BCUT2D eigenvalue weighted by Gasteiger charge is 2.17. The smallest absolute Gasteiger partial charge is 0.0513 e. The van der Waals surface area contributed by atoms with Crippen LogP contribution in [0.3, 0.4) is 0 Å². The molecule has 1 aromatic carbocycles. The van der Waals surface area contributed by atoms with Crippen LogP contribution >= 0.6 is 11.8 Å². The number of anilines is 1.